The number of benzene rings is 1. The topological polar surface area (TPSA) is 94.8 Å². The Kier molecular flexibility index (Phi) is 3.69. The molecule has 0 radical (unpaired) electrons. The summed E-state index contributed by atoms with van der Waals surface area (Å²) in [6.45, 7) is 1.71. The van der Waals surface area contributed by atoms with Crippen molar-refractivity contribution in [2.45, 2.75) is 19.9 Å². The van der Waals surface area contributed by atoms with Crippen molar-refractivity contribution >= 4 is 34.5 Å². The van der Waals surface area contributed by atoms with E-state index in [1.54, 1.807) is 29.8 Å². The number of aliphatic carboxylic acids is 1. The molecule has 0 saturated heterocycles. The standard InChI is InChI=1S/C16H15N3O4/c1-2-19-15(22)12(17-16(19)23)7-10-8-18(9-14(20)21)13-6-4-3-5-11(10)13/h3-6,8H,2,7,9H2,1H3,(H,20,21)/p-1. The maximum absolute atomic E-state index is 12.1. The van der Waals surface area contributed by atoms with E-state index < -0.39 is 17.9 Å². The molecule has 0 unspecified atom stereocenters. The second-order valence-electron chi connectivity index (χ2n) is 5.24. The van der Waals surface area contributed by atoms with Crippen LogP contribution in [-0.4, -0.2) is 39.6 Å². The predicted molar refractivity (Wildman–Crippen MR) is 80.9 cm³/mol. The Bertz CT molecular complexity index is 850. The lowest BCUT2D eigenvalue weighted by Crippen LogP contribution is -2.32. The Morgan fingerprint density at radius 3 is 2.65 bits per heavy atom. The van der Waals surface area contributed by atoms with Crippen LogP contribution in [0, 0.1) is 0 Å². The molecule has 0 atom stereocenters. The first-order valence-corrected chi connectivity index (χ1v) is 7.21. The van der Waals surface area contributed by atoms with Crippen LogP contribution in [0.3, 0.4) is 0 Å². The Morgan fingerprint density at radius 1 is 1.26 bits per heavy atom. The lowest BCUT2D eigenvalue weighted by atomic mass is 10.1. The van der Waals surface area contributed by atoms with Crippen LogP contribution in [0.4, 0.5) is 4.79 Å². The van der Waals surface area contributed by atoms with Crippen molar-refractivity contribution in [2.24, 2.45) is 4.99 Å². The van der Waals surface area contributed by atoms with Crippen molar-refractivity contribution < 1.29 is 19.5 Å². The Balaban J connectivity index is 1.98. The number of carbonyl (C=O) groups is 3. The molecule has 2 heterocycles. The minimum atomic E-state index is -1.20. The molecule has 3 amide bonds. The molecule has 2 aromatic rings. The zero-order chi connectivity index (χ0) is 16.6. The molecule has 0 spiro atoms. The van der Waals surface area contributed by atoms with Crippen molar-refractivity contribution in [1.29, 1.82) is 0 Å². The summed E-state index contributed by atoms with van der Waals surface area (Å²) in [5.74, 6) is -1.59. The molecule has 7 nitrogen and oxygen atoms in total. The summed E-state index contributed by atoms with van der Waals surface area (Å²) >= 11 is 0. The van der Waals surface area contributed by atoms with Crippen molar-refractivity contribution in [2.75, 3.05) is 6.54 Å². The van der Waals surface area contributed by atoms with Gasteiger partial charge in [0.2, 0.25) is 0 Å². The van der Waals surface area contributed by atoms with E-state index in [9.17, 15) is 19.5 Å². The third kappa shape index (κ3) is 2.61. The monoisotopic (exact) mass is 312 g/mol. The minimum Gasteiger partial charge on any atom is -0.548 e. The van der Waals surface area contributed by atoms with Gasteiger partial charge in [-0.3, -0.25) is 9.69 Å². The molecule has 1 aliphatic rings. The summed E-state index contributed by atoms with van der Waals surface area (Å²) in [6, 6.07) is 6.72. The molecule has 7 heteroatoms. The number of aromatic nitrogens is 1. The van der Waals surface area contributed by atoms with Gasteiger partial charge in [-0.15, -0.1) is 0 Å². The predicted octanol–water partition coefficient (Wildman–Crippen LogP) is 0.357. The number of hydrogen-bond acceptors (Lipinski definition) is 4. The molecule has 118 valence electrons. The molecule has 1 aromatic heterocycles. The maximum Gasteiger partial charge on any atom is 0.350 e. The van der Waals surface area contributed by atoms with Crippen LogP contribution in [0.25, 0.3) is 10.9 Å². The van der Waals surface area contributed by atoms with Gasteiger partial charge < -0.3 is 14.5 Å². The molecule has 1 aliphatic heterocycles. The lowest BCUT2D eigenvalue weighted by Gasteiger charge is -2.08. The van der Waals surface area contributed by atoms with Gasteiger partial charge in [0.15, 0.2) is 0 Å². The van der Waals surface area contributed by atoms with E-state index >= 15 is 0 Å². The fraction of sp³-hybridized carbons (Fsp3) is 0.250. The van der Waals surface area contributed by atoms with Gasteiger partial charge in [0.1, 0.15) is 5.71 Å². The number of carboxylic acid groups (broad SMARTS) is 1. The number of urea groups is 1. The van der Waals surface area contributed by atoms with Crippen molar-refractivity contribution in [1.82, 2.24) is 9.47 Å². The second-order valence-corrected chi connectivity index (χ2v) is 5.24. The van der Waals surface area contributed by atoms with Gasteiger partial charge in [-0.1, -0.05) is 18.2 Å². The van der Waals surface area contributed by atoms with Gasteiger partial charge in [-0.05, 0) is 18.6 Å². The highest BCUT2D eigenvalue weighted by Crippen LogP contribution is 2.23. The quantitative estimate of drug-likeness (QED) is 0.796. The number of carboxylic acids is 1. The molecule has 0 saturated carbocycles. The van der Waals surface area contributed by atoms with Crippen molar-refractivity contribution in [3.8, 4) is 0 Å². The largest absolute Gasteiger partial charge is 0.548 e. The minimum absolute atomic E-state index is 0.174. The van der Waals surface area contributed by atoms with Crippen LogP contribution in [0.2, 0.25) is 0 Å². The van der Waals surface area contributed by atoms with Gasteiger partial charge in [0.25, 0.3) is 5.91 Å². The Hall–Kier alpha value is -2.96. The number of rotatable bonds is 5. The van der Waals surface area contributed by atoms with Gasteiger partial charge in [0.05, 0.1) is 12.5 Å². The van der Waals surface area contributed by atoms with Crippen LogP contribution >= 0.6 is 0 Å². The number of fused-ring (bicyclic) bond motifs is 1. The molecule has 1 aromatic carbocycles. The average Bonchev–Trinajstić information content (AvgIpc) is 2.98. The van der Waals surface area contributed by atoms with Crippen LogP contribution in [-0.2, 0) is 22.6 Å². The smallest absolute Gasteiger partial charge is 0.350 e. The van der Waals surface area contributed by atoms with Crippen LogP contribution in [0.5, 0.6) is 0 Å². The number of imide groups is 1. The number of nitrogens with zero attached hydrogens (tertiary/aromatic N) is 3. The first-order valence-electron chi connectivity index (χ1n) is 7.21. The lowest BCUT2D eigenvalue weighted by molar-refractivity contribution is -0.306. The molecule has 3 rings (SSSR count). The average molecular weight is 312 g/mol. The van der Waals surface area contributed by atoms with Gasteiger partial charge in [0, 0.05) is 30.1 Å². The fourth-order valence-electron chi connectivity index (χ4n) is 2.77. The molecule has 0 fully saturated rings. The Morgan fingerprint density at radius 2 is 2.00 bits per heavy atom. The van der Waals surface area contributed by atoms with E-state index in [0.29, 0.717) is 0 Å². The summed E-state index contributed by atoms with van der Waals surface area (Å²) in [5, 5.41) is 11.7. The van der Waals surface area contributed by atoms with E-state index in [0.717, 1.165) is 21.4 Å². The summed E-state index contributed by atoms with van der Waals surface area (Å²) in [6.07, 6.45) is 1.84. The molecule has 0 bridgehead atoms. The summed E-state index contributed by atoms with van der Waals surface area (Å²) in [7, 11) is 0. The summed E-state index contributed by atoms with van der Waals surface area (Å²) in [4.78, 5) is 39.6. The van der Waals surface area contributed by atoms with E-state index in [4.69, 9.17) is 0 Å². The van der Waals surface area contributed by atoms with Crippen LogP contribution in [0.15, 0.2) is 35.5 Å². The third-order valence-corrected chi connectivity index (χ3v) is 3.80. The van der Waals surface area contributed by atoms with E-state index in [2.05, 4.69) is 4.99 Å². The Labute approximate surface area is 131 Å². The molecular weight excluding hydrogens is 298 g/mol. The molecular formula is C16H14N3O4-. The molecule has 23 heavy (non-hydrogen) atoms. The third-order valence-electron chi connectivity index (χ3n) is 3.80. The van der Waals surface area contributed by atoms with Crippen LogP contribution < -0.4 is 5.11 Å². The maximum atomic E-state index is 12.1. The van der Waals surface area contributed by atoms with E-state index in [1.165, 1.54) is 0 Å². The molecule has 0 N–H and O–H groups in total. The van der Waals surface area contributed by atoms with Gasteiger partial charge in [-0.25, -0.2) is 4.79 Å². The van der Waals surface area contributed by atoms with Gasteiger partial charge >= 0.3 is 6.03 Å². The van der Waals surface area contributed by atoms with E-state index in [-0.39, 0.29) is 25.2 Å². The summed E-state index contributed by atoms with van der Waals surface area (Å²) in [5.41, 5.74) is 1.66. The van der Waals surface area contributed by atoms with Gasteiger partial charge in [-0.2, -0.15) is 4.99 Å². The first kappa shape index (κ1) is 15.0. The van der Waals surface area contributed by atoms with Crippen molar-refractivity contribution in [3.05, 3.63) is 36.0 Å². The second kappa shape index (κ2) is 5.68. The number of carbonyl (C=O) groups excluding carboxylic acids is 3. The SMILES string of the molecule is CCN1C(=O)N=C(Cc2cn(CC(=O)[O-])c3ccccc23)C1=O. The van der Waals surface area contributed by atoms with E-state index in [1.807, 2.05) is 12.1 Å². The van der Waals surface area contributed by atoms with Crippen molar-refractivity contribution in [3.63, 3.8) is 0 Å². The van der Waals surface area contributed by atoms with Crippen LogP contribution in [0.1, 0.15) is 12.5 Å². The highest BCUT2D eigenvalue weighted by molar-refractivity contribution is 6.46. The zero-order valence-electron chi connectivity index (χ0n) is 12.5. The molecule has 0 aliphatic carbocycles. The normalized spacial score (nSPS) is 14.7. The number of hydrogen-bond donors (Lipinski definition) is 0. The number of aliphatic imine (C=N–C) groups is 1. The highest BCUT2D eigenvalue weighted by Gasteiger charge is 2.32. The number of amides is 3. The fourth-order valence-corrected chi connectivity index (χ4v) is 2.77. The summed E-state index contributed by atoms with van der Waals surface area (Å²) < 4.78 is 1.55. The highest BCUT2D eigenvalue weighted by atomic mass is 16.4. The number of para-hydroxylation sites is 1. The zero-order valence-corrected chi connectivity index (χ0v) is 12.5. The first-order chi connectivity index (χ1) is 11.0.